The van der Waals surface area contributed by atoms with E-state index in [1.165, 1.54) is 5.56 Å². The van der Waals surface area contributed by atoms with E-state index in [0.717, 1.165) is 32.2 Å². The van der Waals surface area contributed by atoms with Crippen LogP contribution in [0.5, 0.6) is 0 Å². The van der Waals surface area contributed by atoms with E-state index in [0.29, 0.717) is 6.04 Å². The summed E-state index contributed by atoms with van der Waals surface area (Å²) in [5.41, 5.74) is 1.19. The molecule has 2 aliphatic rings. The minimum atomic E-state index is -5.08. The number of hydrogen-bond donors (Lipinski definition) is 2. The summed E-state index contributed by atoms with van der Waals surface area (Å²) in [5.74, 6) is -2.76. The van der Waals surface area contributed by atoms with Crippen LogP contribution in [0, 0.1) is 0 Å². The summed E-state index contributed by atoms with van der Waals surface area (Å²) < 4.78 is 37.3. The molecule has 2 N–H and O–H groups in total. The highest BCUT2D eigenvalue weighted by Crippen LogP contribution is 2.26. The van der Waals surface area contributed by atoms with Gasteiger partial charge >= 0.3 is 18.2 Å². The molecule has 150 valence electrons. The van der Waals surface area contributed by atoms with Crippen molar-refractivity contribution in [2.24, 2.45) is 0 Å². The zero-order chi connectivity index (χ0) is 20.0. The average Bonchev–Trinajstić information content (AvgIpc) is 3.33. The van der Waals surface area contributed by atoms with E-state index in [1.54, 1.807) is 19.5 Å². The first-order chi connectivity index (χ1) is 12.7. The summed E-state index contributed by atoms with van der Waals surface area (Å²) in [5, 5.41) is 10.2. The molecule has 0 radical (unpaired) electrons. The number of carbonyl (C=O) groups is 2. The van der Waals surface area contributed by atoms with Gasteiger partial charge in [-0.25, -0.2) is 9.59 Å². The number of methoxy groups -OCH3 is 1. The quantitative estimate of drug-likeness (QED) is 0.824. The second-order valence-electron chi connectivity index (χ2n) is 6.41. The SMILES string of the molecule is CO[C@@H]1CCN(C(=O)NC2CC2)[C@@H]1Cc1ccncc1.O=C(O)C(F)(F)F. The van der Waals surface area contributed by atoms with E-state index in [1.807, 2.05) is 17.0 Å². The average molecular weight is 389 g/mol. The Morgan fingerprint density at radius 2 is 1.89 bits per heavy atom. The number of halogens is 3. The molecule has 0 spiro atoms. The zero-order valence-corrected chi connectivity index (χ0v) is 14.8. The molecule has 1 aromatic heterocycles. The lowest BCUT2D eigenvalue weighted by molar-refractivity contribution is -0.192. The molecule has 2 fully saturated rings. The third-order valence-corrected chi connectivity index (χ3v) is 4.39. The van der Waals surface area contributed by atoms with Crippen molar-refractivity contribution < 1.29 is 32.6 Å². The number of amides is 2. The largest absolute Gasteiger partial charge is 0.490 e. The minimum absolute atomic E-state index is 0.0612. The number of carboxylic acids is 1. The van der Waals surface area contributed by atoms with Gasteiger partial charge in [0.15, 0.2) is 0 Å². The van der Waals surface area contributed by atoms with Gasteiger partial charge in [0.1, 0.15) is 0 Å². The van der Waals surface area contributed by atoms with Crippen LogP contribution >= 0.6 is 0 Å². The molecule has 1 saturated heterocycles. The molecular weight excluding hydrogens is 367 g/mol. The van der Waals surface area contributed by atoms with Crippen molar-refractivity contribution in [2.45, 2.75) is 50.0 Å². The molecule has 1 aromatic rings. The van der Waals surface area contributed by atoms with Gasteiger partial charge in [0.2, 0.25) is 0 Å². The highest BCUT2D eigenvalue weighted by Gasteiger charge is 2.39. The maximum absolute atomic E-state index is 12.3. The summed E-state index contributed by atoms with van der Waals surface area (Å²) in [6.07, 6.45) is 2.57. The fraction of sp³-hybridized carbons (Fsp3) is 0.588. The van der Waals surface area contributed by atoms with E-state index >= 15 is 0 Å². The molecule has 3 rings (SSSR count). The number of urea groups is 1. The first-order valence-electron chi connectivity index (χ1n) is 8.51. The highest BCUT2D eigenvalue weighted by atomic mass is 19.4. The number of rotatable bonds is 4. The van der Waals surface area contributed by atoms with Crippen LogP contribution in [0.1, 0.15) is 24.8 Å². The molecule has 2 heterocycles. The molecular formula is C17H22F3N3O4. The lowest BCUT2D eigenvalue weighted by Gasteiger charge is -2.28. The topological polar surface area (TPSA) is 91.8 Å². The summed E-state index contributed by atoms with van der Waals surface area (Å²) in [6.45, 7) is 0.771. The fourth-order valence-electron chi connectivity index (χ4n) is 2.84. The van der Waals surface area contributed by atoms with E-state index in [2.05, 4.69) is 10.3 Å². The fourth-order valence-corrected chi connectivity index (χ4v) is 2.84. The molecule has 10 heteroatoms. The molecule has 1 aliphatic heterocycles. The number of alkyl halides is 3. The van der Waals surface area contributed by atoms with Crippen molar-refractivity contribution >= 4 is 12.0 Å². The number of pyridine rings is 1. The summed E-state index contributed by atoms with van der Waals surface area (Å²) in [6, 6.07) is 4.57. The molecule has 2 atom stereocenters. The molecule has 1 aliphatic carbocycles. The molecule has 27 heavy (non-hydrogen) atoms. The molecule has 2 amide bonds. The van der Waals surface area contributed by atoms with E-state index < -0.39 is 12.1 Å². The molecule has 0 unspecified atom stereocenters. The number of hydrogen-bond acceptors (Lipinski definition) is 4. The van der Waals surface area contributed by atoms with Gasteiger partial charge in [0, 0.05) is 32.1 Å². The molecule has 0 aromatic carbocycles. The van der Waals surface area contributed by atoms with Crippen LogP contribution in [0.25, 0.3) is 0 Å². The number of aromatic nitrogens is 1. The van der Waals surface area contributed by atoms with Crippen LogP contribution in [0.3, 0.4) is 0 Å². The smallest absolute Gasteiger partial charge is 0.475 e. The van der Waals surface area contributed by atoms with Crippen LogP contribution in [0.4, 0.5) is 18.0 Å². The van der Waals surface area contributed by atoms with Crippen LogP contribution in [0.15, 0.2) is 24.5 Å². The number of ether oxygens (including phenoxy) is 1. The van der Waals surface area contributed by atoms with Gasteiger partial charge in [-0.2, -0.15) is 13.2 Å². The lowest BCUT2D eigenvalue weighted by atomic mass is 10.0. The van der Waals surface area contributed by atoms with Crippen molar-refractivity contribution in [1.29, 1.82) is 0 Å². The van der Waals surface area contributed by atoms with Crippen LogP contribution in [-0.4, -0.2) is 65.0 Å². The summed E-state index contributed by atoms with van der Waals surface area (Å²) >= 11 is 0. The third kappa shape index (κ3) is 6.38. The zero-order valence-electron chi connectivity index (χ0n) is 14.8. The number of nitrogens with one attached hydrogen (secondary N) is 1. The Labute approximate surface area is 154 Å². The summed E-state index contributed by atoms with van der Waals surface area (Å²) in [7, 11) is 1.73. The number of carbonyl (C=O) groups excluding carboxylic acids is 1. The van der Waals surface area contributed by atoms with Crippen LogP contribution in [-0.2, 0) is 16.0 Å². The second kappa shape index (κ2) is 9.03. The Morgan fingerprint density at radius 3 is 2.37 bits per heavy atom. The van der Waals surface area contributed by atoms with E-state index in [-0.39, 0.29) is 18.2 Å². The first kappa shape index (κ1) is 20.9. The monoisotopic (exact) mass is 389 g/mol. The minimum Gasteiger partial charge on any atom is -0.475 e. The number of likely N-dealkylation sites (tertiary alicyclic amines) is 1. The van der Waals surface area contributed by atoms with Gasteiger partial charge < -0.3 is 20.1 Å². The Kier molecular flexibility index (Phi) is 7.00. The Balaban J connectivity index is 0.000000321. The van der Waals surface area contributed by atoms with Crippen LogP contribution < -0.4 is 5.32 Å². The maximum Gasteiger partial charge on any atom is 0.490 e. The molecule has 7 nitrogen and oxygen atoms in total. The third-order valence-electron chi connectivity index (χ3n) is 4.39. The van der Waals surface area contributed by atoms with Crippen LogP contribution in [0.2, 0.25) is 0 Å². The number of nitrogens with zero attached hydrogens (tertiary/aromatic N) is 2. The van der Waals surface area contributed by atoms with Crippen molar-refractivity contribution in [3.05, 3.63) is 30.1 Å². The predicted molar refractivity (Wildman–Crippen MR) is 89.1 cm³/mol. The van der Waals surface area contributed by atoms with Crippen molar-refractivity contribution in [2.75, 3.05) is 13.7 Å². The van der Waals surface area contributed by atoms with Gasteiger partial charge in [-0.3, -0.25) is 4.98 Å². The number of aliphatic carboxylic acids is 1. The second-order valence-corrected chi connectivity index (χ2v) is 6.41. The van der Waals surface area contributed by atoms with Gasteiger partial charge in [0.25, 0.3) is 0 Å². The van der Waals surface area contributed by atoms with Gasteiger partial charge in [-0.05, 0) is 43.4 Å². The number of carboxylic acid groups (broad SMARTS) is 1. The van der Waals surface area contributed by atoms with Crippen molar-refractivity contribution in [3.8, 4) is 0 Å². The standard InChI is InChI=1S/C15H21N3O2.C2HF3O2/c1-20-14-6-9-18(15(19)17-12-2-3-12)13(14)10-11-4-7-16-8-5-11;3-2(4,5)1(6)7/h4-5,7-8,12-14H,2-3,6,9-10H2,1H3,(H,17,19);(H,6,7)/t13-,14-;/m1./s1. The normalized spacial score (nSPS) is 22.0. The maximum atomic E-state index is 12.3. The van der Waals surface area contributed by atoms with E-state index in [4.69, 9.17) is 14.6 Å². The lowest BCUT2D eigenvalue weighted by Crippen LogP contribution is -2.47. The molecule has 1 saturated carbocycles. The van der Waals surface area contributed by atoms with Crippen molar-refractivity contribution in [1.82, 2.24) is 15.2 Å². The Hall–Kier alpha value is -2.36. The first-order valence-corrected chi connectivity index (χ1v) is 8.51. The van der Waals surface area contributed by atoms with Gasteiger partial charge in [-0.1, -0.05) is 0 Å². The van der Waals surface area contributed by atoms with Crippen molar-refractivity contribution in [3.63, 3.8) is 0 Å². The summed E-state index contributed by atoms with van der Waals surface area (Å²) in [4.78, 5) is 27.2. The molecule has 0 bridgehead atoms. The van der Waals surface area contributed by atoms with Gasteiger partial charge in [-0.15, -0.1) is 0 Å². The van der Waals surface area contributed by atoms with Gasteiger partial charge in [0.05, 0.1) is 12.1 Å². The van der Waals surface area contributed by atoms with E-state index in [9.17, 15) is 18.0 Å². The Morgan fingerprint density at radius 1 is 1.30 bits per heavy atom. The Bertz CT molecular complexity index is 638. The predicted octanol–water partition coefficient (Wildman–Crippen LogP) is 2.22. The highest BCUT2D eigenvalue weighted by molar-refractivity contribution is 5.75.